The maximum Gasteiger partial charge on any atom is 0.314 e. The fourth-order valence-electron chi connectivity index (χ4n) is 2.07. The summed E-state index contributed by atoms with van der Waals surface area (Å²) in [5.74, 6) is -1.08. The third kappa shape index (κ3) is 3.83. The summed E-state index contributed by atoms with van der Waals surface area (Å²) in [6, 6.07) is 18.5. The summed E-state index contributed by atoms with van der Waals surface area (Å²) in [6.07, 6.45) is 0.0435. The molecule has 0 aliphatic heterocycles. The molecule has 4 heteroatoms. The minimum atomic E-state index is -0.653. The second kappa shape index (κ2) is 7.11. The first-order valence-corrected chi connectivity index (χ1v) is 6.64. The summed E-state index contributed by atoms with van der Waals surface area (Å²) >= 11 is 0. The van der Waals surface area contributed by atoms with Crippen molar-refractivity contribution in [2.75, 3.05) is 5.73 Å². The van der Waals surface area contributed by atoms with Crippen LogP contribution in [0, 0.1) is 11.3 Å². The van der Waals surface area contributed by atoms with E-state index in [9.17, 15) is 4.79 Å². The van der Waals surface area contributed by atoms with Crippen molar-refractivity contribution in [1.82, 2.24) is 0 Å². The molecule has 0 aliphatic carbocycles. The molecule has 1 unspecified atom stereocenters. The maximum absolute atomic E-state index is 12.2. The predicted octanol–water partition coefficient (Wildman–Crippen LogP) is 3.01. The number of rotatable bonds is 5. The Balaban J connectivity index is 2.10. The van der Waals surface area contributed by atoms with Crippen molar-refractivity contribution < 1.29 is 9.53 Å². The molecular weight excluding hydrogens is 264 g/mol. The average Bonchev–Trinajstić information content (AvgIpc) is 2.52. The number of anilines is 1. The number of benzene rings is 2. The maximum atomic E-state index is 12.2. The molecule has 21 heavy (non-hydrogen) atoms. The van der Waals surface area contributed by atoms with Gasteiger partial charge in [0.05, 0.1) is 18.4 Å². The van der Waals surface area contributed by atoms with E-state index in [4.69, 9.17) is 15.7 Å². The van der Waals surface area contributed by atoms with Crippen molar-refractivity contribution in [3.05, 3.63) is 65.7 Å². The highest BCUT2D eigenvalue weighted by Crippen LogP contribution is 2.26. The number of nitriles is 1. The standard InChI is InChI=1S/C17H16N2O2/c18-11-10-15(14-8-4-5-9-16(14)19)17(20)21-12-13-6-2-1-3-7-13/h1-9,15H,10,12,19H2. The van der Waals surface area contributed by atoms with Crippen molar-refractivity contribution in [2.24, 2.45) is 0 Å². The molecule has 0 aromatic heterocycles. The topological polar surface area (TPSA) is 76.1 Å². The van der Waals surface area contributed by atoms with Crippen LogP contribution in [0.15, 0.2) is 54.6 Å². The van der Waals surface area contributed by atoms with E-state index in [0.717, 1.165) is 5.56 Å². The largest absolute Gasteiger partial charge is 0.460 e. The van der Waals surface area contributed by atoms with Crippen molar-refractivity contribution in [3.8, 4) is 6.07 Å². The molecular formula is C17H16N2O2. The zero-order valence-corrected chi connectivity index (χ0v) is 11.5. The normalized spacial score (nSPS) is 11.4. The first-order chi connectivity index (χ1) is 10.2. The lowest BCUT2D eigenvalue weighted by atomic mass is 9.95. The van der Waals surface area contributed by atoms with E-state index in [2.05, 4.69) is 0 Å². The van der Waals surface area contributed by atoms with Gasteiger partial charge in [-0.3, -0.25) is 4.79 Å². The minimum absolute atomic E-state index is 0.0435. The van der Waals surface area contributed by atoms with Gasteiger partial charge >= 0.3 is 5.97 Å². The number of nitrogens with zero attached hydrogens (tertiary/aromatic N) is 1. The van der Waals surface area contributed by atoms with Crippen LogP contribution in [0.2, 0.25) is 0 Å². The molecule has 0 amide bonds. The van der Waals surface area contributed by atoms with Crippen molar-refractivity contribution in [1.29, 1.82) is 5.26 Å². The molecule has 1 atom stereocenters. The van der Waals surface area contributed by atoms with Gasteiger partial charge in [0.1, 0.15) is 6.61 Å². The Morgan fingerprint density at radius 1 is 1.14 bits per heavy atom. The molecule has 0 spiro atoms. The monoisotopic (exact) mass is 280 g/mol. The third-order valence-electron chi connectivity index (χ3n) is 3.18. The zero-order valence-electron chi connectivity index (χ0n) is 11.5. The van der Waals surface area contributed by atoms with Gasteiger partial charge in [-0.25, -0.2) is 0 Å². The molecule has 2 aromatic carbocycles. The summed E-state index contributed by atoms with van der Waals surface area (Å²) in [7, 11) is 0. The van der Waals surface area contributed by atoms with E-state index < -0.39 is 11.9 Å². The Bertz CT molecular complexity index is 647. The molecule has 0 bridgehead atoms. The van der Waals surface area contributed by atoms with E-state index in [1.54, 1.807) is 24.3 Å². The SMILES string of the molecule is N#CCC(C(=O)OCc1ccccc1)c1ccccc1N. The number of hydrogen-bond donors (Lipinski definition) is 1. The molecule has 0 aliphatic rings. The Kier molecular flexibility index (Phi) is 4.94. The van der Waals surface area contributed by atoms with E-state index >= 15 is 0 Å². The first-order valence-electron chi connectivity index (χ1n) is 6.64. The molecule has 0 radical (unpaired) electrons. The fourth-order valence-corrected chi connectivity index (χ4v) is 2.07. The van der Waals surface area contributed by atoms with Gasteiger partial charge in [-0.1, -0.05) is 48.5 Å². The zero-order chi connectivity index (χ0) is 15.1. The number of carbonyl (C=O) groups is 1. The Morgan fingerprint density at radius 3 is 2.48 bits per heavy atom. The molecule has 0 fully saturated rings. The van der Waals surface area contributed by atoms with Crippen LogP contribution < -0.4 is 5.73 Å². The average molecular weight is 280 g/mol. The number of nitrogens with two attached hydrogens (primary N) is 1. The number of carbonyl (C=O) groups excluding carboxylic acids is 1. The predicted molar refractivity (Wildman–Crippen MR) is 80.1 cm³/mol. The quantitative estimate of drug-likeness (QED) is 0.674. The molecule has 4 nitrogen and oxygen atoms in total. The van der Waals surface area contributed by atoms with Gasteiger partial charge in [0.15, 0.2) is 0 Å². The van der Waals surface area contributed by atoms with Crippen LogP contribution in [0.25, 0.3) is 0 Å². The summed E-state index contributed by atoms with van der Waals surface area (Å²) in [6.45, 7) is 0.189. The Hall–Kier alpha value is -2.80. The molecule has 2 aromatic rings. The minimum Gasteiger partial charge on any atom is -0.460 e. The summed E-state index contributed by atoms with van der Waals surface area (Å²) in [5, 5.41) is 8.92. The molecule has 2 rings (SSSR count). The van der Waals surface area contributed by atoms with E-state index in [0.29, 0.717) is 11.3 Å². The van der Waals surface area contributed by atoms with Crippen LogP contribution in [0.4, 0.5) is 5.69 Å². The molecule has 0 saturated heterocycles. The van der Waals surface area contributed by atoms with Gasteiger partial charge in [0, 0.05) is 5.69 Å². The lowest BCUT2D eigenvalue weighted by molar-refractivity contribution is -0.146. The molecule has 0 heterocycles. The highest BCUT2D eigenvalue weighted by Gasteiger charge is 2.23. The summed E-state index contributed by atoms with van der Waals surface area (Å²) < 4.78 is 5.31. The highest BCUT2D eigenvalue weighted by atomic mass is 16.5. The molecule has 2 N–H and O–H groups in total. The third-order valence-corrected chi connectivity index (χ3v) is 3.18. The summed E-state index contributed by atoms with van der Waals surface area (Å²) in [5.41, 5.74) is 7.92. The highest BCUT2D eigenvalue weighted by molar-refractivity contribution is 5.80. The van der Waals surface area contributed by atoms with Gasteiger partial charge in [0.25, 0.3) is 0 Å². The van der Waals surface area contributed by atoms with Gasteiger partial charge in [-0.2, -0.15) is 5.26 Å². The number of nitrogen functional groups attached to an aromatic ring is 1. The smallest absolute Gasteiger partial charge is 0.314 e. The van der Waals surface area contributed by atoms with Crippen molar-refractivity contribution >= 4 is 11.7 Å². The van der Waals surface area contributed by atoms with Crippen LogP contribution >= 0.6 is 0 Å². The van der Waals surface area contributed by atoms with Crippen LogP contribution in [-0.4, -0.2) is 5.97 Å². The lowest BCUT2D eigenvalue weighted by Gasteiger charge is -2.15. The van der Waals surface area contributed by atoms with Crippen LogP contribution in [0.5, 0.6) is 0 Å². The number of ether oxygens (including phenoxy) is 1. The fraction of sp³-hybridized carbons (Fsp3) is 0.176. The number of hydrogen-bond acceptors (Lipinski definition) is 4. The van der Waals surface area contributed by atoms with Gasteiger partial charge in [-0.15, -0.1) is 0 Å². The van der Waals surface area contributed by atoms with Gasteiger partial charge < -0.3 is 10.5 Å². The van der Waals surface area contributed by atoms with E-state index in [1.165, 1.54) is 0 Å². The Labute approximate surface area is 123 Å². The van der Waals surface area contributed by atoms with Crippen LogP contribution in [0.3, 0.4) is 0 Å². The number of esters is 1. The van der Waals surface area contributed by atoms with Crippen molar-refractivity contribution in [2.45, 2.75) is 18.9 Å². The van der Waals surface area contributed by atoms with Crippen LogP contribution in [-0.2, 0) is 16.1 Å². The van der Waals surface area contributed by atoms with Crippen molar-refractivity contribution in [3.63, 3.8) is 0 Å². The Morgan fingerprint density at radius 2 is 1.81 bits per heavy atom. The second-order valence-electron chi connectivity index (χ2n) is 4.64. The number of para-hydroxylation sites is 1. The van der Waals surface area contributed by atoms with Crippen LogP contribution in [0.1, 0.15) is 23.5 Å². The van der Waals surface area contributed by atoms with Gasteiger partial charge in [-0.05, 0) is 17.2 Å². The molecule has 106 valence electrons. The second-order valence-corrected chi connectivity index (χ2v) is 4.64. The van der Waals surface area contributed by atoms with E-state index in [1.807, 2.05) is 36.4 Å². The van der Waals surface area contributed by atoms with E-state index in [-0.39, 0.29) is 13.0 Å². The van der Waals surface area contributed by atoms with Gasteiger partial charge in [0.2, 0.25) is 0 Å². The lowest BCUT2D eigenvalue weighted by Crippen LogP contribution is -2.17. The first kappa shape index (κ1) is 14.6. The summed E-state index contributed by atoms with van der Waals surface area (Å²) in [4.78, 5) is 12.2. The molecule has 0 saturated carbocycles.